The minimum Gasteiger partial charge on any atom is -0.457 e. The zero-order valence-electron chi connectivity index (χ0n) is 19.2. The number of pyridine rings is 1. The van der Waals surface area contributed by atoms with Crippen LogP contribution in [0.2, 0.25) is 0 Å². The molecular formula is C25H23FN6O3. The number of hydrogen-bond donors (Lipinski definition) is 2. The van der Waals surface area contributed by atoms with E-state index in [1.165, 1.54) is 23.0 Å². The molecule has 2 amide bonds. The van der Waals surface area contributed by atoms with E-state index in [1.54, 1.807) is 55.5 Å². The molecule has 4 aromatic rings. The molecule has 0 saturated carbocycles. The molecule has 0 saturated heterocycles. The predicted molar refractivity (Wildman–Crippen MR) is 127 cm³/mol. The SMILES string of the molecule is CCCNC(=O)c1cc(Oc2ccc(NC(=O)c3nnn(-c4ccc(F)cc4)c3C)cc2)ccn1. The van der Waals surface area contributed by atoms with Gasteiger partial charge < -0.3 is 15.4 Å². The van der Waals surface area contributed by atoms with E-state index in [4.69, 9.17) is 4.74 Å². The number of nitrogens with one attached hydrogen (secondary N) is 2. The zero-order valence-corrected chi connectivity index (χ0v) is 19.2. The molecule has 0 fully saturated rings. The fourth-order valence-corrected chi connectivity index (χ4v) is 3.23. The van der Waals surface area contributed by atoms with E-state index in [2.05, 4.69) is 25.9 Å². The molecule has 2 N–H and O–H groups in total. The van der Waals surface area contributed by atoms with Crippen LogP contribution >= 0.6 is 0 Å². The van der Waals surface area contributed by atoms with E-state index >= 15 is 0 Å². The van der Waals surface area contributed by atoms with Gasteiger partial charge in [0.25, 0.3) is 11.8 Å². The lowest BCUT2D eigenvalue weighted by Gasteiger charge is -2.09. The predicted octanol–water partition coefficient (Wildman–Crippen LogP) is 4.29. The maximum absolute atomic E-state index is 13.2. The van der Waals surface area contributed by atoms with Gasteiger partial charge in [-0.25, -0.2) is 9.07 Å². The summed E-state index contributed by atoms with van der Waals surface area (Å²) in [4.78, 5) is 28.9. The van der Waals surface area contributed by atoms with Crippen LogP contribution in [-0.2, 0) is 0 Å². The number of ether oxygens (including phenoxy) is 1. The van der Waals surface area contributed by atoms with Crippen LogP contribution in [0.25, 0.3) is 5.69 Å². The molecule has 2 heterocycles. The van der Waals surface area contributed by atoms with Crippen LogP contribution in [0, 0.1) is 12.7 Å². The van der Waals surface area contributed by atoms with Gasteiger partial charge in [-0.3, -0.25) is 14.6 Å². The number of halogens is 1. The Hall–Kier alpha value is -4.60. The number of aromatic nitrogens is 4. The van der Waals surface area contributed by atoms with Crippen molar-refractivity contribution in [1.29, 1.82) is 0 Å². The number of rotatable bonds is 8. The molecule has 35 heavy (non-hydrogen) atoms. The van der Waals surface area contributed by atoms with Crippen LogP contribution in [0.1, 0.15) is 40.0 Å². The van der Waals surface area contributed by atoms with Crippen LogP contribution < -0.4 is 15.4 Å². The first-order chi connectivity index (χ1) is 16.9. The maximum Gasteiger partial charge on any atom is 0.278 e. The summed E-state index contributed by atoms with van der Waals surface area (Å²) in [5, 5.41) is 13.5. The summed E-state index contributed by atoms with van der Waals surface area (Å²) < 4.78 is 20.5. The van der Waals surface area contributed by atoms with Crippen molar-refractivity contribution in [2.45, 2.75) is 20.3 Å². The topological polar surface area (TPSA) is 111 Å². The quantitative estimate of drug-likeness (QED) is 0.394. The van der Waals surface area contributed by atoms with Gasteiger partial charge in [0.05, 0.1) is 11.4 Å². The zero-order chi connectivity index (χ0) is 24.8. The van der Waals surface area contributed by atoms with Crippen molar-refractivity contribution in [2.75, 3.05) is 11.9 Å². The van der Waals surface area contributed by atoms with Gasteiger partial charge in [-0.1, -0.05) is 12.1 Å². The van der Waals surface area contributed by atoms with Crippen molar-refractivity contribution in [1.82, 2.24) is 25.3 Å². The van der Waals surface area contributed by atoms with Gasteiger partial charge in [0, 0.05) is 24.5 Å². The van der Waals surface area contributed by atoms with E-state index in [9.17, 15) is 14.0 Å². The van der Waals surface area contributed by atoms with Crippen LogP contribution in [0.15, 0.2) is 66.9 Å². The Morgan fingerprint density at radius 3 is 2.46 bits per heavy atom. The van der Waals surface area contributed by atoms with E-state index in [1.807, 2.05) is 6.92 Å². The van der Waals surface area contributed by atoms with E-state index in [-0.39, 0.29) is 23.1 Å². The van der Waals surface area contributed by atoms with Crippen LogP contribution in [0.5, 0.6) is 11.5 Å². The highest BCUT2D eigenvalue weighted by atomic mass is 19.1. The van der Waals surface area contributed by atoms with Crippen molar-refractivity contribution in [3.05, 3.63) is 89.8 Å². The molecule has 0 spiro atoms. The summed E-state index contributed by atoms with van der Waals surface area (Å²) in [7, 11) is 0. The van der Waals surface area contributed by atoms with Crippen LogP contribution in [0.4, 0.5) is 10.1 Å². The molecule has 0 unspecified atom stereocenters. The van der Waals surface area contributed by atoms with Gasteiger partial charge in [-0.05, 0) is 67.9 Å². The summed E-state index contributed by atoms with van der Waals surface area (Å²) in [6.07, 6.45) is 2.34. The molecular weight excluding hydrogens is 451 g/mol. The number of anilines is 1. The summed E-state index contributed by atoms with van der Waals surface area (Å²) in [5.41, 5.74) is 2.07. The van der Waals surface area contributed by atoms with Crippen molar-refractivity contribution in [2.24, 2.45) is 0 Å². The number of amides is 2. The molecule has 2 aromatic carbocycles. The van der Waals surface area contributed by atoms with Gasteiger partial charge in [0.2, 0.25) is 0 Å². The molecule has 0 aliphatic carbocycles. The Morgan fingerprint density at radius 1 is 1.00 bits per heavy atom. The van der Waals surface area contributed by atoms with Crippen molar-refractivity contribution in [3.63, 3.8) is 0 Å². The lowest BCUT2D eigenvalue weighted by atomic mass is 10.2. The first-order valence-electron chi connectivity index (χ1n) is 11.0. The summed E-state index contributed by atoms with van der Waals surface area (Å²) >= 11 is 0. The number of carbonyl (C=O) groups excluding carboxylic acids is 2. The van der Waals surface area contributed by atoms with Crippen LogP contribution in [0.3, 0.4) is 0 Å². The highest BCUT2D eigenvalue weighted by molar-refractivity contribution is 6.03. The molecule has 0 atom stereocenters. The van der Waals surface area contributed by atoms with Crippen LogP contribution in [-0.4, -0.2) is 38.3 Å². The number of benzene rings is 2. The third kappa shape index (κ3) is 5.67. The van der Waals surface area contributed by atoms with Gasteiger partial charge >= 0.3 is 0 Å². The molecule has 0 aliphatic heterocycles. The molecule has 10 heteroatoms. The molecule has 0 aliphatic rings. The van der Waals surface area contributed by atoms with Gasteiger partial charge in [-0.2, -0.15) is 0 Å². The van der Waals surface area contributed by atoms with Crippen molar-refractivity contribution >= 4 is 17.5 Å². The van der Waals surface area contributed by atoms with E-state index < -0.39 is 5.91 Å². The first-order valence-corrected chi connectivity index (χ1v) is 11.0. The molecule has 2 aromatic heterocycles. The molecule has 4 rings (SSSR count). The van der Waals surface area contributed by atoms with Gasteiger partial charge in [0.15, 0.2) is 5.69 Å². The monoisotopic (exact) mass is 474 g/mol. The molecule has 9 nitrogen and oxygen atoms in total. The average Bonchev–Trinajstić information content (AvgIpc) is 3.25. The third-order valence-corrected chi connectivity index (χ3v) is 5.03. The second-order valence-corrected chi connectivity index (χ2v) is 7.62. The van der Waals surface area contributed by atoms with Gasteiger partial charge in [-0.15, -0.1) is 5.10 Å². The Kier molecular flexibility index (Phi) is 7.10. The second kappa shape index (κ2) is 10.6. The largest absolute Gasteiger partial charge is 0.457 e. The normalized spacial score (nSPS) is 10.6. The van der Waals surface area contributed by atoms with E-state index in [0.29, 0.717) is 35.1 Å². The molecule has 178 valence electrons. The van der Waals surface area contributed by atoms with E-state index in [0.717, 1.165) is 6.42 Å². The number of carbonyl (C=O) groups is 2. The Labute approximate surface area is 201 Å². The smallest absolute Gasteiger partial charge is 0.278 e. The minimum absolute atomic E-state index is 0.153. The number of hydrogen-bond acceptors (Lipinski definition) is 6. The van der Waals surface area contributed by atoms with Crippen molar-refractivity contribution in [3.8, 4) is 17.2 Å². The fourth-order valence-electron chi connectivity index (χ4n) is 3.23. The second-order valence-electron chi connectivity index (χ2n) is 7.62. The lowest BCUT2D eigenvalue weighted by Crippen LogP contribution is -2.24. The summed E-state index contributed by atoms with van der Waals surface area (Å²) in [6, 6.07) is 15.7. The first kappa shape index (κ1) is 23.6. The Morgan fingerprint density at radius 2 is 1.74 bits per heavy atom. The van der Waals surface area contributed by atoms with Gasteiger partial charge in [0.1, 0.15) is 23.0 Å². The lowest BCUT2D eigenvalue weighted by molar-refractivity contribution is 0.0947. The molecule has 0 bridgehead atoms. The maximum atomic E-state index is 13.2. The fraction of sp³-hybridized carbons (Fsp3) is 0.160. The summed E-state index contributed by atoms with van der Waals surface area (Å²) in [6.45, 7) is 4.25. The summed E-state index contributed by atoms with van der Waals surface area (Å²) in [5.74, 6) is -0.0684. The molecule has 0 radical (unpaired) electrons. The highest BCUT2D eigenvalue weighted by Crippen LogP contribution is 2.24. The highest BCUT2D eigenvalue weighted by Gasteiger charge is 2.18. The Balaban J connectivity index is 1.41. The average molecular weight is 474 g/mol. The number of nitrogens with zero attached hydrogens (tertiary/aromatic N) is 4. The standard InChI is InChI=1S/C25H23FN6O3/c1-3-13-28-24(33)22-15-21(12-14-27-22)35-20-10-6-18(7-11-20)29-25(34)23-16(2)32(31-30-23)19-8-4-17(26)5-9-19/h4-12,14-15H,3,13H2,1-2H3,(H,28,33)(H,29,34). The Bertz CT molecular complexity index is 1340. The third-order valence-electron chi connectivity index (χ3n) is 5.03. The van der Waals surface area contributed by atoms with Crippen molar-refractivity contribution < 1.29 is 18.7 Å². The minimum atomic E-state index is -0.429.